The second-order valence-corrected chi connectivity index (χ2v) is 3.71. The van der Waals surface area contributed by atoms with Crippen LogP contribution in [-0.2, 0) is 0 Å². The van der Waals surface area contributed by atoms with Crippen molar-refractivity contribution in [1.82, 2.24) is 0 Å². The minimum atomic E-state index is 0. The van der Waals surface area contributed by atoms with E-state index in [-0.39, 0.29) is 40.8 Å². The third kappa shape index (κ3) is 3.14. The Hall–Kier alpha value is 0.271. The van der Waals surface area contributed by atoms with Crippen LogP contribution >= 0.6 is 15.9 Å². The van der Waals surface area contributed by atoms with E-state index in [2.05, 4.69) is 46.3 Å². The zero-order chi connectivity index (χ0) is 9.10. The van der Waals surface area contributed by atoms with Crippen LogP contribution in [0.3, 0.4) is 0 Å². The van der Waals surface area contributed by atoms with E-state index in [1.165, 1.54) is 11.1 Å². The van der Waals surface area contributed by atoms with Gasteiger partial charge in [-0.05, 0) is 17.7 Å². The largest absolute Gasteiger partial charge is 0.184 e. The van der Waals surface area contributed by atoms with E-state index in [1.807, 2.05) is 24.3 Å². The molecule has 0 radical (unpaired) electrons. The molecule has 0 fully saturated rings. The monoisotopic (exact) mass is 373 g/mol. The van der Waals surface area contributed by atoms with E-state index >= 15 is 0 Å². The number of hydrogen-bond donors (Lipinski definition) is 0. The maximum absolute atomic E-state index is 3.41. The van der Waals surface area contributed by atoms with Gasteiger partial charge in [-0.1, -0.05) is 28.1 Å². The quantitative estimate of drug-likeness (QED) is 0.662. The Kier molecular flexibility index (Phi) is 5.28. The molecular formula is C12H8BrNd-. The predicted molar refractivity (Wildman–Crippen MR) is 58.4 cm³/mol. The second kappa shape index (κ2) is 5.99. The summed E-state index contributed by atoms with van der Waals surface area (Å²) in [5.74, 6) is 0. The number of halogens is 1. The molecule has 0 unspecified atom stereocenters. The molecule has 2 aromatic carbocycles. The topological polar surface area (TPSA) is 0 Å². The van der Waals surface area contributed by atoms with Gasteiger partial charge in [0, 0.05) is 45.3 Å². The van der Waals surface area contributed by atoms with Crippen molar-refractivity contribution in [3.05, 3.63) is 59.1 Å². The third-order valence-electron chi connectivity index (χ3n) is 1.90. The third-order valence-corrected chi connectivity index (χ3v) is 2.42. The predicted octanol–water partition coefficient (Wildman–Crippen LogP) is 3.92. The van der Waals surface area contributed by atoms with Crippen molar-refractivity contribution in [1.29, 1.82) is 0 Å². The summed E-state index contributed by atoms with van der Waals surface area (Å²) in [4.78, 5) is 0. The smallest absolute Gasteiger partial charge is 0.0175 e. The van der Waals surface area contributed by atoms with Crippen molar-refractivity contribution in [3.8, 4) is 11.1 Å². The van der Waals surface area contributed by atoms with E-state index in [4.69, 9.17) is 0 Å². The summed E-state index contributed by atoms with van der Waals surface area (Å²) in [5.41, 5.74) is 2.46. The molecule has 0 aromatic heterocycles. The minimum absolute atomic E-state index is 0. The second-order valence-electron chi connectivity index (χ2n) is 2.80. The number of rotatable bonds is 1. The first-order valence-electron chi connectivity index (χ1n) is 4.08. The summed E-state index contributed by atoms with van der Waals surface area (Å²) in [6.07, 6.45) is 0. The van der Waals surface area contributed by atoms with Gasteiger partial charge in [0.15, 0.2) is 0 Å². The molecule has 2 aromatic rings. The van der Waals surface area contributed by atoms with Crippen LogP contribution in [0.1, 0.15) is 0 Å². The summed E-state index contributed by atoms with van der Waals surface area (Å²) in [6, 6.07) is 19.3. The van der Waals surface area contributed by atoms with E-state index in [9.17, 15) is 0 Å². The van der Waals surface area contributed by atoms with E-state index < -0.39 is 0 Å². The average Bonchev–Trinajstić information content (AvgIpc) is 2.20. The number of hydrogen-bond acceptors (Lipinski definition) is 0. The molecule has 0 spiro atoms. The normalized spacial score (nSPS) is 9.21. The van der Waals surface area contributed by atoms with Crippen LogP contribution < -0.4 is 0 Å². The van der Waals surface area contributed by atoms with Crippen molar-refractivity contribution in [2.45, 2.75) is 0 Å². The van der Waals surface area contributed by atoms with Gasteiger partial charge in [-0.15, -0.1) is 5.56 Å². The first kappa shape index (κ1) is 12.3. The first-order valence-corrected chi connectivity index (χ1v) is 4.87. The molecule has 0 N–H and O–H groups in total. The minimum Gasteiger partial charge on any atom is -0.184 e. The molecule has 0 saturated heterocycles. The van der Waals surface area contributed by atoms with Crippen molar-refractivity contribution >= 4 is 15.9 Å². The fourth-order valence-corrected chi connectivity index (χ4v) is 1.49. The molecule has 2 rings (SSSR count). The molecule has 0 amide bonds. The van der Waals surface area contributed by atoms with Gasteiger partial charge in [-0.2, -0.15) is 30.3 Å². The van der Waals surface area contributed by atoms with Gasteiger partial charge in [0.1, 0.15) is 0 Å². The molecule has 0 nitrogen and oxygen atoms in total. The van der Waals surface area contributed by atoms with Crippen LogP contribution in [0.4, 0.5) is 0 Å². The summed E-state index contributed by atoms with van der Waals surface area (Å²) in [6.45, 7) is 0. The Morgan fingerprint density at radius 3 is 1.86 bits per heavy atom. The van der Waals surface area contributed by atoms with Gasteiger partial charge in [-0.25, -0.2) is 0 Å². The van der Waals surface area contributed by atoms with Gasteiger partial charge in [0.25, 0.3) is 0 Å². The number of benzene rings is 2. The summed E-state index contributed by atoms with van der Waals surface area (Å²) >= 11 is 3.41. The average molecular weight is 376 g/mol. The van der Waals surface area contributed by atoms with Crippen LogP contribution in [0, 0.1) is 46.9 Å². The summed E-state index contributed by atoms with van der Waals surface area (Å²) in [7, 11) is 0. The zero-order valence-electron chi connectivity index (χ0n) is 7.50. The molecule has 0 aliphatic rings. The molecule has 0 atom stereocenters. The Balaban J connectivity index is 0.000000980. The van der Waals surface area contributed by atoms with Crippen LogP contribution in [0.5, 0.6) is 0 Å². The first-order chi connectivity index (χ1) is 6.36. The van der Waals surface area contributed by atoms with Gasteiger partial charge in [-0.3, -0.25) is 0 Å². The standard InChI is InChI=1S/C12H8Br.Nd/c13-12-8-6-11(7-9-12)10-4-2-1-3-5-10;/h2-9H;/q-1;. The SMILES string of the molecule is Brc1ccc(-c2cc[c-]cc2)cc1.[Nd]. The van der Waals surface area contributed by atoms with Crippen LogP contribution in [-0.4, -0.2) is 0 Å². The van der Waals surface area contributed by atoms with E-state index in [1.54, 1.807) is 0 Å². The van der Waals surface area contributed by atoms with Gasteiger partial charge >= 0.3 is 0 Å². The van der Waals surface area contributed by atoms with Crippen LogP contribution in [0.15, 0.2) is 53.0 Å². The summed E-state index contributed by atoms with van der Waals surface area (Å²) in [5, 5.41) is 0. The molecule has 14 heavy (non-hydrogen) atoms. The fraction of sp³-hybridized carbons (Fsp3) is 0. The van der Waals surface area contributed by atoms with Gasteiger partial charge < -0.3 is 0 Å². The Bertz CT molecular complexity index is 381. The molecule has 0 aliphatic carbocycles. The molecule has 2 heteroatoms. The Morgan fingerprint density at radius 1 is 0.786 bits per heavy atom. The van der Waals surface area contributed by atoms with Gasteiger partial charge in [0.05, 0.1) is 0 Å². The maximum atomic E-state index is 3.41. The van der Waals surface area contributed by atoms with Crippen LogP contribution in [0.25, 0.3) is 11.1 Å². The fourth-order valence-electron chi connectivity index (χ4n) is 1.22. The summed E-state index contributed by atoms with van der Waals surface area (Å²) < 4.78 is 1.11. The van der Waals surface area contributed by atoms with Crippen molar-refractivity contribution in [2.24, 2.45) is 0 Å². The molecule has 0 saturated carbocycles. The molecule has 0 bridgehead atoms. The van der Waals surface area contributed by atoms with Gasteiger partial charge in [0.2, 0.25) is 0 Å². The molecular weight excluding hydrogens is 368 g/mol. The molecule has 0 aliphatic heterocycles. The maximum Gasteiger partial charge on any atom is 0.0175 e. The molecule has 0 heterocycles. The van der Waals surface area contributed by atoms with Crippen LogP contribution in [0.2, 0.25) is 0 Å². The van der Waals surface area contributed by atoms with Crippen molar-refractivity contribution < 1.29 is 40.8 Å². The Morgan fingerprint density at radius 2 is 1.29 bits per heavy atom. The molecule has 68 valence electrons. The van der Waals surface area contributed by atoms with E-state index in [0.717, 1.165) is 4.47 Å². The van der Waals surface area contributed by atoms with Crippen molar-refractivity contribution in [2.75, 3.05) is 0 Å². The zero-order valence-corrected chi connectivity index (χ0v) is 12.3. The Labute approximate surface area is 125 Å². The van der Waals surface area contributed by atoms with E-state index in [0.29, 0.717) is 0 Å². The van der Waals surface area contributed by atoms with Crippen molar-refractivity contribution in [3.63, 3.8) is 0 Å².